The topological polar surface area (TPSA) is 38.7 Å². The molecule has 0 amide bonds. The lowest BCUT2D eigenvalue weighted by molar-refractivity contribution is 0.0768. The molecule has 3 nitrogen and oxygen atoms in total. The Hall–Kier alpha value is -1.22. The molecule has 0 unspecified atom stereocenters. The van der Waals surface area contributed by atoms with E-state index < -0.39 is 5.60 Å². The first-order valence-corrected chi connectivity index (χ1v) is 5.54. The minimum atomic E-state index is -0.856. The highest BCUT2D eigenvalue weighted by molar-refractivity contribution is 5.55. The van der Waals surface area contributed by atoms with Crippen LogP contribution in [0, 0.1) is 13.8 Å². The van der Waals surface area contributed by atoms with Gasteiger partial charge in [0.1, 0.15) is 13.2 Å². The zero-order valence-electron chi connectivity index (χ0n) is 10.3. The van der Waals surface area contributed by atoms with Crippen molar-refractivity contribution in [2.24, 2.45) is 0 Å². The van der Waals surface area contributed by atoms with Crippen LogP contribution in [-0.4, -0.2) is 18.3 Å². The molecule has 0 bridgehead atoms. The average molecular weight is 222 g/mol. The zero-order valence-corrected chi connectivity index (χ0v) is 10.3. The normalized spacial score (nSPS) is 15.1. The van der Waals surface area contributed by atoms with Crippen LogP contribution in [0.2, 0.25) is 0 Å². The first-order valence-electron chi connectivity index (χ1n) is 5.54. The molecule has 0 fully saturated rings. The van der Waals surface area contributed by atoms with Crippen molar-refractivity contribution in [3.8, 4) is 11.5 Å². The number of hydrogen-bond acceptors (Lipinski definition) is 3. The second-order valence-corrected chi connectivity index (χ2v) is 4.76. The fourth-order valence-corrected chi connectivity index (χ4v) is 2.08. The molecule has 2 rings (SSSR count). The van der Waals surface area contributed by atoms with Crippen molar-refractivity contribution < 1.29 is 14.6 Å². The lowest BCUT2D eigenvalue weighted by Gasteiger charge is -2.27. The summed E-state index contributed by atoms with van der Waals surface area (Å²) in [6.07, 6.45) is 0. The van der Waals surface area contributed by atoms with E-state index in [0.717, 1.165) is 28.2 Å². The summed E-state index contributed by atoms with van der Waals surface area (Å²) in [4.78, 5) is 0. The Morgan fingerprint density at radius 3 is 2.38 bits per heavy atom. The Morgan fingerprint density at radius 2 is 1.75 bits per heavy atom. The third-order valence-electron chi connectivity index (χ3n) is 3.05. The van der Waals surface area contributed by atoms with E-state index >= 15 is 0 Å². The Bertz CT molecular complexity index is 416. The number of hydrogen-bond donors (Lipinski definition) is 1. The van der Waals surface area contributed by atoms with E-state index in [1.54, 1.807) is 13.8 Å². The third-order valence-corrected chi connectivity index (χ3v) is 3.05. The first kappa shape index (κ1) is 11.3. The molecule has 0 aromatic heterocycles. The molecule has 88 valence electrons. The summed E-state index contributed by atoms with van der Waals surface area (Å²) >= 11 is 0. The lowest BCUT2D eigenvalue weighted by atomic mass is 9.90. The number of aliphatic hydroxyl groups is 1. The van der Waals surface area contributed by atoms with Gasteiger partial charge >= 0.3 is 0 Å². The largest absolute Gasteiger partial charge is 0.486 e. The molecule has 16 heavy (non-hydrogen) atoms. The monoisotopic (exact) mass is 222 g/mol. The van der Waals surface area contributed by atoms with E-state index in [1.807, 2.05) is 19.9 Å². The maximum Gasteiger partial charge on any atom is 0.164 e. The Balaban J connectivity index is 2.62. The van der Waals surface area contributed by atoms with Crippen molar-refractivity contribution in [3.63, 3.8) is 0 Å². The fraction of sp³-hybridized carbons (Fsp3) is 0.538. The number of ether oxygens (including phenoxy) is 2. The summed E-state index contributed by atoms with van der Waals surface area (Å²) in [6, 6.07) is 1.89. The highest BCUT2D eigenvalue weighted by Crippen LogP contribution is 2.40. The van der Waals surface area contributed by atoms with Gasteiger partial charge in [-0.2, -0.15) is 0 Å². The molecule has 0 saturated carbocycles. The second-order valence-electron chi connectivity index (χ2n) is 4.76. The Morgan fingerprint density at radius 1 is 1.12 bits per heavy atom. The average Bonchev–Trinajstić information content (AvgIpc) is 2.22. The SMILES string of the molecule is Cc1c(C(C)(C)O)cc2c(c1C)OCCO2. The van der Waals surface area contributed by atoms with Gasteiger partial charge in [0.15, 0.2) is 11.5 Å². The van der Waals surface area contributed by atoms with Crippen LogP contribution in [0.25, 0.3) is 0 Å². The van der Waals surface area contributed by atoms with Gasteiger partial charge in [0, 0.05) is 0 Å². The van der Waals surface area contributed by atoms with Gasteiger partial charge in [-0.15, -0.1) is 0 Å². The van der Waals surface area contributed by atoms with E-state index in [4.69, 9.17) is 9.47 Å². The molecule has 1 aromatic rings. The van der Waals surface area contributed by atoms with E-state index in [9.17, 15) is 5.11 Å². The molecule has 3 heteroatoms. The van der Waals surface area contributed by atoms with Gasteiger partial charge in [0.05, 0.1) is 5.60 Å². The molecule has 0 aliphatic carbocycles. The molecule has 1 heterocycles. The lowest BCUT2D eigenvalue weighted by Crippen LogP contribution is -2.21. The van der Waals surface area contributed by atoms with Crippen LogP contribution in [0.4, 0.5) is 0 Å². The molecule has 0 atom stereocenters. The molecule has 1 aliphatic rings. The molecule has 0 saturated heterocycles. The minimum absolute atomic E-state index is 0.570. The van der Waals surface area contributed by atoms with Crippen molar-refractivity contribution in [2.75, 3.05) is 13.2 Å². The van der Waals surface area contributed by atoms with Crippen molar-refractivity contribution >= 4 is 0 Å². The molecule has 0 radical (unpaired) electrons. The molecule has 1 N–H and O–H groups in total. The van der Waals surface area contributed by atoms with Crippen LogP contribution >= 0.6 is 0 Å². The molecule has 1 aromatic carbocycles. The quantitative estimate of drug-likeness (QED) is 0.792. The summed E-state index contributed by atoms with van der Waals surface area (Å²) in [5, 5.41) is 10.1. The predicted molar refractivity (Wildman–Crippen MR) is 62.2 cm³/mol. The van der Waals surface area contributed by atoms with Crippen molar-refractivity contribution in [3.05, 3.63) is 22.8 Å². The Labute approximate surface area is 96.0 Å². The summed E-state index contributed by atoms with van der Waals surface area (Å²) in [6.45, 7) is 8.73. The summed E-state index contributed by atoms with van der Waals surface area (Å²) in [5.74, 6) is 1.56. The smallest absolute Gasteiger partial charge is 0.164 e. The molecule has 0 spiro atoms. The number of rotatable bonds is 1. The van der Waals surface area contributed by atoms with Gasteiger partial charge in [0.2, 0.25) is 0 Å². The van der Waals surface area contributed by atoms with Gasteiger partial charge in [-0.05, 0) is 50.5 Å². The predicted octanol–water partition coefficient (Wildman–Crippen LogP) is 2.30. The Kier molecular flexibility index (Phi) is 2.58. The van der Waals surface area contributed by atoms with Crippen LogP contribution in [0.3, 0.4) is 0 Å². The van der Waals surface area contributed by atoms with Gasteiger partial charge in [-0.3, -0.25) is 0 Å². The minimum Gasteiger partial charge on any atom is -0.486 e. The van der Waals surface area contributed by atoms with Crippen LogP contribution in [0.15, 0.2) is 6.07 Å². The number of fused-ring (bicyclic) bond motifs is 1. The van der Waals surface area contributed by atoms with Gasteiger partial charge in [-0.1, -0.05) is 0 Å². The van der Waals surface area contributed by atoms with E-state index in [0.29, 0.717) is 13.2 Å². The van der Waals surface area contributed by atoms with Gasteiger partial charge in [0.25, 0.3) is 0 Å². The summed E-state index contributed by atoms with van der Waals surface area (Å²) < 4.78 is 11.2. The second kappa shape index (κ2) is 3.67. The maximum absolute atomic E-state index is 10.1. The fourth-order valence-electron chi connectivity index (χ4n) is 2.08. The van der Waals surface area contributed by atoms with Crippen molar-refractivity contribution in [2.45, 2.75) is 33.3 Å². The van der Waals surface area contributed by atoms with Crippen molar-refractivity contribution in [1.82, 2.24) is 0 Å². The van der Waals surface area contributed by atoms with E-state index in [-0.39, 0.29) is 0 Å². The van der Waals surface area contributed by atoms with Gasteiger partial charge < -0.3 is 14.6 Å². The van der Waals surface area contributed by atoms with E-state index in [2.05, 4.69) is 0 Å². The molecule has 1 aliphatic heterocycles. The van der Waals surface area contributed by atoms with Crippen LogP contribution in [0.1, 0.15) is 30.5 Å². The van der Waals surface area contributed by atoms with E-state index in [1.165, 1.54) is 0 Å². The van der Waals surface area contributed by atoms with Gasteiger partial charge in [-0.25, -0.2) is 0 Å². The molecular formula is C13H18O3. The zero-order chi connectivity index (χ0) is 11.9. The van der Waals surface area contributed by atoms with Crippen LogP contribution in [-0.2, 0) is 5.60 Å². The standard InChI is InChI=1S/C13H18O3/c1-8-9(2)12-11(15-5-6-16-12)7-10(8)13(3,4)14/h7,14H,5-6H2,1-4H3. The highest BCUT2D eigenvalue weighted by Gasteiger charge is 2.25. The summed E-state index contributed by atoms with van der Waals surface area (Å²) in [7, 11) is 0. The maximum atomic E-state index is 10.1. The third kappa shape index (κ3) is 1.76. The first-order chi connectivity index (χ1) is 7.41. The molecular weight excluding hydrogens is 204 g/mol. The van der Waals surface area contributed by atoms with Crippen LogP contribution in [0.5, 0.6) is 11.5 Å². The highest BCUT2D eigenvalue weighted by atomic mass is 16.6. The summed E-state index contributed by atoms with van der Waals surface area (Å²) in [5.41, 5.74) is 2.16. The number of benzene rings is 1. The van der Waals surface area contributed by atoms with Crippen LogP contribution < -0.4 is 9.47 Å². The van der Waals surface area contributed by atoms with Crippen molar-refractivity contribution in [1.29, 1.82) is 0 Å².